The molecule has 3 aromatic rings. The van der Waals surface area contributed by atoms with Crippen LogP contribution in [0.3, 0.4) is 0 Å². The molecule has 130 valence electrons. The number of nitrogens with two attached hydrogens (primary N) is 1. The van der Waals surface area contributed by atoms with Crippen LogP contribution in [0, 0.1) is 0 Å². The summed E-state index contributed by atoms with van der Waals surface area (Å²) < 4.78 is 0. The minimum atomic E-state index is -0.511. The van der Waals surface area contributed by atoms with Gasteiger partial charge in [0.15, 0.2) is 0 Å². The second-order valence-electron chi connectivity index (χ2n) is 5.87. The maximum atomic E-state index is 12.5. The van der Waals surface area contributed by atoms with Gasteiger partial charge in [-0.15, -0.1) is 0 Å². The predicted octanol–water partition coefficient (Wildman–Crippen LogP) is 3.48. The van der Waals surface area contributed by atoms with Crippen molar-refractivity contribution in [2.75, 3.05) is 0 Å². The van der Waals surface area contributed by atoms with Crippen LogP contribution in [0.1, 0.15) is 26.3 Å². The molecule has 3 rings (SSSR count). The van der Waals surface area contributed by atoms with E-state index in [-0.39, 0.29) is 6.54 Å². The highest BCUT2D eigenvalue weighted by atomic mass is 16.5. The number of carbonyl (C=O) groups is 2. The van der Waals surface area contributed by atoms with Crippen LogP contribution in [-0.2, 0) is 6.54 Å². The number of carbonyl (C=O) groups excluding carboxylic acids is 2. The summed E-state index contributed by atoms with van der Waals surface area (Å²) in [6, 6.07) is 23.0. The minimum absolute atomic E-state index is 0.0983. The van der Waals surface area contributed by atoms with E-state index in [2.05, 4.69) is 0 Å². The summed E-state index contributed by atoms with van der Waals surface area (Å²) in [7, 11) is 0. The highest BCUT2D eigenvalue weighted by Gasteiger charge is 2.15. The first-order chi connectivity index (χ1) is 12.5. The number of hydrogen-bond donors (Lipinski definition) is 2. The Labute approximate surface area is 151 Å². The molecule has 0 aromatic heterocycles. The number of rotatable bonds is 5. The number of hydroxylamine groups is 2. The molecule has 0 fully saturated rings. The molecule has 5 heteroatoms. The first kappa shape index (κ1) is 17.4. The van der Waals surface area contributed by atoms with Crippen LogP contribution in [0.25, 0.3) is 11.1 Å². The van der Waals surface area contributed by atoms with Crippen molar-refractivity contribution in [1.29, 1.82) is 0 Å². The summed E-state index contributed by atoms with van der Waals surface area (Å²) in [5, 5.41) is 10.8. The van der Waals surface area contributed by atoms with Gasteiger partial charge in [-0.1, -0.05) is 54.6 Å². The van der Waals surface area contributed by atoms with E-state index in [0.717, 1.165) is 16.7 Å². The Balaban J connectivity index is 1.83. The molecule has 0 heterocycles. The fourth-order valence-electron chi connectivity index (χ4n) is 2.66. The molecule has 0 spiro atoms. The van der Waals surface area contributed by atoms with Crippen molar-refractivity contribution < 1.29 is 14.8 Å². The van der Waals surface area contributed by atoms with Gasteiger partial charge in [-0.25, -0.2) is 5.06 Å². The lowest BCUT2D eigenvalue weighted by Crippen LogP contribution is -2.26. The fraction of sp³-hybridized carbons (Fsp3) is 0.0476. The van der Waals surface area contributed by atoms with Gasteiger partial charge in [-0.3, -0.25) is 14.8 Å². The third-order valence-corrected chi connectivity index (χ3v) is 4.00. The molecule has 3 aromatic carbocycles. The van der Waals surface area contributed by atoms with Crippen LogP contribution < -0.4 is 5.73 Å². The molecule has 26 heavy (non-hydrogen) atoms. The zero-order valence-corrected chi connectivity index (χ0v) is 14.0. The molecule has 0 unspecified atom stereocenters. The molecule has 0 atom stereocenters. The molecule has 5 nitrogen and oxygen atoms in total. The summed E-state index contributed by atoms with van der Waals surface area (Å²) in [5.74, 6) is -1.01. The number of benzene rings is 3. The van der Waals surface area contributed by atoms with Gasteiger partial charge in [0.25, 0.3) is 5.91 Å². The molecule has 0 aliphatic rings. The summed E-state index contributed by atoms with van der Waals surface area (Å²) in [5.41, 5.74) is 8.42. The van der Waals surface area contributed by atoms with E-state index in [1.165, 1.54) is 0 Å². The molecule has 2 amide bonds. The quantitative estimate of drug-likeness (QED) is 0.548. The van der Waals surface area contributed by atoms with E-state index in [9.17, 15) is 14.8 Å². The summed E-state index contributed by atoms with van der Waals surface area (Å²) in [6.07, 6.45) is 0. The Hall–Kier alpha value is -3.44. The molecule has 0 saturated carbocycles. The van der Waals surface area contributed by atoms with Gasteiger partial charge in [0.2, 0.25) is 5.91 Å². The Kier molecular flexibility index (Phi) is 5.10. The topological polar surface area (TPSA) is 83.6 Å². The summed E-state index contributed by atoms with van der Waals surface area (Å²) in [6.45, 7) is 0.0983. The van der Waals surface area contributed by atoms with Gasteiger partial charge in [-0.05, 0) is 41.0 Å². The smallest absolute Gasteiger partial charge is 0.277 e. The third-order valence-electron chi connectivity index (χ3n) is 4.00. The Bertz CT molecular complexity index is 939. The van der Waals surface area contributed by atoms with Crippen molar-refractivity contribution in [2.24, 2.45) is 5.73 Å². The maximum Gasteiger partial charge on any atom is 0.277 e. The average molecular weight is 346 g/mol. The molecule has 0 bridgehead atoms. The van der Waals surface area contributed by atoms with Crippen LogP contribution in [0.4, 0.5) is 0 Å². The largest absolute Gasteiger partial charge is 0.366 e. The molecular formula is C21H18N2O3. The van der Waals surface area contributed by atoms with Crippen molar-refractivity contribution in [2.45, 2.75) is 6.54 Å². The molecule has 0 saturated heterocycles. The lowest BCUT2D eigenvalue weighted by Gasteiger charge is -2.15. The van der Waals surface area contributed by atoms with Crippen molar-refractivity contribution in [3.8, 4) is 11.1 Å². The zero-order valence-electron chi connectivity index (χ0n) is 14.0. The fourth-order valence-corrected chi connectivity index (χ4v) is 2.66. The van der Waals surface area contributed by atoms with Crippen molar-refractivity contribution in [3.63, 3.8) is 0 Å². The monoisotopic (exact) mass is 346 g/mol. The van der Waals surface area contributed by atoms with E-state index < -0.39 is 11.8 Å². The Morgan fingerprint density at radius 3 is 2.00 bits per heavy atom. The van der Waals surface area contributed by atoms with Crippen LogP contribution >= 0.6 is 0 Å². The first-order valence-electron chi connectivity index (χ1n) is 8.09. The van der Waals surface area contributed by atoms with E-state index in [4.69, 9.17) is 5.73 Å². The third kappa shape index (κ3) is 3.96. The highest BCUT2D eigenvalue weighted by molar-refractivity contribution is 5.96. The average Bonchev–Trinajstić information content (AvgIpc) is 2.68. The first-order valence-corrected chi connectivity index (χ1v) is 8.09. The predicted molar refractivity (Wildman–Crippen MR) is 98.5 cm³/mol. The van der Waals surface area contributed by atoms with E-state index in [1.807, 2.05) is 42.5 Å². The second-order valence-corrected chi connectivity index (χ2v) is 5.87. The van der Waals surface area contributed by atoms with Crippen LogP contribution in [0.2, 0.25) is 0 Å². The second kappa shape index (κ2) is 7.63. The van der Waals surface area contributed by atoms with Crippen LogP contribution in [0.5, 0.6) is 0 Å². The number of nitrogens with zero attached hydrogens (tertiary/aromatic N) is 1. The number of amides is 2. The van der Waals surface area contributed by atoms with Crippen molar-refractivity contribution in [3.05, 3.63) is 95.6 Å². The Morgan fingerprint density at radius 2 is 1.38 bits per heavy atom. The molecular weight excluding hydrogens is 328 g/mol. The lowest BCUT2D eigenvalue weighted by atomic mass is 10.0. The van der Waals surface area contributed by atoms with Crippen molar-refractivity contribution >= 4 is 11.8 Å². The highest BCUT2D eigenvalue weighted by Crippen LogP contribution is 2.22. The standard InChI is InChI=1S/C21H18N2O3/c22-20(24)18-10-4-8-16(12-18)17-9-5-11-19(13-17)21(25)23(26)14-15-6-2-1-3-7-15/h1-13,26H,14H2,(H2,22,24). The number of primary amides is 1. The normalized spacial score (nSPS) is 10.3. The van der Waals surface area contributed by atoms with Crippen LogP contribution in [-0.4, -0.2) is 22.1 Å². The van der Waals surface area contributed by atoms with E-state index in [0.29, 0.717) is 16.2 Å². The minimum Gasteiger partial charge on any atom is -0.366 e. The molecule has 0 radical (unpaired) electrons. The summed E-state index contributed by atoms with van der Waals surface area (Å²) >= 11 is 0. The zero-order chi connectivity index (χ0) is 18.5. The Morgan fingerprint density at radius 1 is 0.808 bits per heavy atom. The van der Waals surface area contributed by atoms with Crippen molar-refractivity contribution in [1.82, 2.24) is 5.06 Å². The lowest BCUT2D eigenvalue weighted by molar-refractivity contribution is -0.0648. The number of hydrogen-bond acceptors (Lipinski definition) is 3. The van der Waals surface area contributed by atoms with E-state index >= 15 is 0 Å². The van der Waals surface area contributed by atoms with Crippen LogP contribution in [0.15, 0.2) is 78.9 Å². The van der Waals surface area contributed by atoms with E-state index in [1.54, 1.807) is 36.4 Å². The summed E-state index contributed by atoms with van der Waals surface area (Å²) in [4.78, 5) is 23.9. The molecule has 0 aliphatic carbocycles. The molecule has 0 aliphatic heterocycles. The SMILES string of the molecule is NC(=O)c1cccc(-c2cccc(C(=O)N(O)Cc3ccccc3)c2)c1. The van der Waals surface area contributed by atoms with Gasteiger partial charge in [-0.2, -0.15) is 0 Å². The van der Waals surface area contributed by atoms with Gasteiger partial charge >= 0.3 is 0 Å². The molecule has 3 N–H and O–H groups in total. The van der Waals surface area contributed by atoms with Gasteiger partial charge in [0.1, 0.15) is 0 Å². The van der Waals surface area contributed by atoms with Gasteiger partial charge in [0.05, 0.1) is 6.54 Å². The maximum absolute atomic E-state index is 12.5. The van der Waals surface area contributed by atoms with Gasteiger partial charge in [0, 0.05) is 11.1 Å². The van der Waals surface area contributed by atoms with Gasteiger partial charge < -0.3 is 5.73 Å².